The number of benzene rings is 1. The average molecular weight is 408 g/mol. The Bertz CT molecular complexity index is 861. The molecule has 0 atom stereocenters. The van der Waals surface area contributed by atoms with E-state index < -0.39 is 11.7 Å². The van der Waals surface area contributed by atoms with Gasteiger partial charge in [0.15, 0.2) is 0 Å². The van der Waals surface area contributed by atoms with Crippen molar-refractivity contribution in [1.82, 2.24) is 4.98 Å². The number of halogens is 3. The van der Waals surface area contributed by atoms with Crippen LogP contribution in [0.25, 0.3) is 11.1 Å². The Kier molecular flexibility index (Phi) is 6.93. The number of hydrogen-bond donors (Lipinski definition) is 1. The lowest BCUT2D eigenvalue weighted by atomic mass is 9.85. The Morgan fingerprint density at radius 1 is 1.14 bits per heavy atom. The lowest BCUT2D eigenvalue weighted by molar-refractivity contribution is -0.139. The third-order valence-corrected chi connectivity index (χ3v) is 4.26. The number of hydrogen-bond acceptors (Lipinski definition) is 3. The van der Waals surface area contributed by atoms with Crippen LogP contribution in [0.5, 0.6) is 5.75 Å². The lowest BCUT2D eigenvalue weighted by Gasteiger charge is -2.27. The van der Waals surface area contributed by atoms with Gasteiger partial charge in [0.1, 0.15) is 11.6 Å². The summed E-state index contributed by atoms with van der Waals surface area (Å²) in [6, 6.07) is 7.11. The number of ether oxygens (including phenoxy) is 1. The summed E-state index contributed by atoms with van der Waals surface area (Å²) < 4.78 is 46.6. The van der Waals surface area contributed by atoms with Crippen molar-refractivity contribution in [3.8, 4) is 16.9 Å². The zero-order valence-corrected chi connectivity index (χ0v) is 17.4. The monoisotopic (exact) mass is 408 g/mol. The molecule has 0 saturated heterocycles. The first-order valence-corrected chi connectivity index (χ1v) is 9.45. The summed E-state index contributed by atoms with van der Waals surface area (Å²) in [5, 5.41) is 2.53. The van der Waals surface area contributed by atoms with Crippen LogP contribution in [0, 0.1) is 11.3 Å². The quantitative estimate of drug-likeness (QED) is 0.595. The minimum absolute atomic E-state index is 0.186. The molecule has 7 heteroatoms. The molecule has 0 unspecified atom stereocenters. The molecule has 1 N–H and O–H groups in total. The van der Waals surface area contributed by atoms with Gasteiger partial charge in [-0.3, -0.25) is 4.79 Å². The Labute approximate surface area is 169 Å². The molecular formula is C22H27F3N2O2. The summed E-state index contributed by atoms with van der Waals surface area (Å²) in [4.78, 5) is 15.2. The van der Waals surface area contributed by atoms with Crippen LogP contribution in [0.3, 0.4) is 0 Å². The minimum atomic E-state index is -4.55. The van der Waals surface area contributed by atoms with E-state index >= 15 is 0 Å². The Morgan fingerprint density at radius 3 is 2.38 bits per heavy atom. The molecule has 1 amide bonds. The molecule has 1 aromatic heterocycles. The highest BCUT2D eigenvalue weighted by Crippen LogP contribution is 2.40. The minimum Gasteiger partial charge on any atom is -0.492 e. The predicted octanol–water partition coefficient (Wildman–Crippen LogP) is 6.18. The van der Waals surface area contributed by atoms with E-state index in [0.29, 0.717) is 17.0 Å². The van der Waals surface area contributed by atoms with E-state index in [1.807, 2.05) is 13.8 Å². The summed E-state index contributed by atoms with van der Waals surface area (Å²) in [5.41, 5.74) is -0.192. The molecule has 0 radical (unpaired) electrons. The zero-order valence-electron chi connectivity index (χ0n) is 17.4. The zero-order chi connectivity index (χ0) is 21.8. The van der Waals surface area contributed by atoms with Crippen LogP contribution < -0.4 is 10.1 Å². The number of rotatable bonds is 7. The maximum atomic E-state index is 13.7. The summed E-state index contributed by atoms with van der Waals surface area (Å²) in [6.07, 6.45) is -2.27. The van der Waals surface area contributed by atoms with Gasteiger partial charge < -0.3 is 10.1 Å². The molecule has 1 heterocycles. The molecule has 0 aliphatic carbocycles. The maximum Gasteiger partial charge on any atom is 0.419 e. The van der Waals surface area contributed by atoms with Gasteiger partial charge in [-0.25, -0.2) is 4.98 Å². The molecule has 158 valence electrons. The van der Waals surface area contributed by atoms with Gasteiger partial charge in [-0.15, -0.1) is 0 Å². The molecule has 0 spiro atoms. The predicted molar refractivity (Wildman–Crippen MR) is 108 cm³/mol. The topological polar surface area (TPSA) is 51.2 Å². The van der Waals surface area contributed by atoms with Gasteiger partial charge in [-0.05, 0) is 53.1 Å². The van der Waals surface area contributed by atoms with Gasteiger partial charge >= 0.3 is 6.18 Å². The Balaban J connectivity index is 2.34. The molecule has 2 rings (SSSR count). The molecule has 0 bridgehead atoms. The van der Waals surface area contributed by atoms with Crippen molar-refractivity contribution < 1.29 is 22.7 Å². The second kappa shape index (κ2) is 8.84. The summed E-state index contributed by atoms with van der Waals surface area (Å²) in [5.74, 6) is 0.203. The number of anilines is 1. The van der Waals surface area contributed by atoms with Gasteiger partial charge in [-0.1, -0.05) is 33.8 Å². The van der Waals surface area contributed by atoms with Gasteiger partial charge in [-0.2, -0.15) is 13.2 Å². The lowest BCUT2D eigenvalue weighted by Crippen LogP contribution is -2.24. The third-order valence-electron chi connectivity index (χ3n) is 4.26. The molecule has 0 aliphatic rings. The van der Waals surface area contributed by atoms with Crippen LogP contribution in [-0.2, 0) is 11.0 Å². The molecule has 2 aromatic rings. The first-order valence-electron chi connectivity index (χ1n) is 9.45. The van der Waals surface area contributed by atoms with Crippen molar-refractivity contribution in [2.75, 3.05) is 11.9 Å². The van der Waals surface area contributed by atoms with Gasteiger partial charge in [0.2, 0.25) is 5.91 Å². The highest BCUT2D eigenvalue weighted by molar-refractivity contribution is 5.88. The van der Waals surface area contributed by atoms with Crippen molar-refractivity contribution >= 4 is 11.7 Å². The molecular weight excluding hydrogens is 381 g/mol. The van der Waals surface area contributed by atoms with E-state index in [9.17, 15) is 18.0 Å². The molecule has 0 saturated carbocycles. The van der Waals surface area contributed by atoms with Crippen LogP contribution in [0.4, 0.5) is 19.0 Å². The number of carbonyl (C=O) groups is 1. The molecule has 0 aliphatic heterocycles. The van der Waals surface area contributed by atoms with Crippen LogP contribution in [0.1, 0.15) is 46.6 Å². The first-order chi connectivity index (χ1) is 13.4. The number of carbonyl (C=O) groups excluding carboxylic acids is 1. The second-order valence-electron chi connectivity index (χ2n) is 8.37. The van der Waals surface area contributed by atoms with Crippen molar-refractivity contribution in [3.63, 3.8) is 0 Å². The van der Waals surface area contributed by atoms with E-state index in [-0.39, 0.29) is 29.5 Å². The fourth-order valence-corrected chi connectivity index (χ4v) is 3.35. The summed E-state index contributed by atoms with van der Waals surface area (Å²) >= 11 is 0. The standard InChI is InChI=1S/C22H27F3N2O2/c1-14(2)12-21(4,5)13-29-19-7-6-16(10-18(19)22(23,24)25)17-8-9-26-20(11-17)27-15(3)28/h6-11,14H,12-13H2,1-5H3,(H,26,27,28). The second-order valence-corrected chi connectivity index (χ2v) is 8.37. The van der Waals surface area contributed by atoms with Crippen molar-refractivity contribution in [1.29, 1.82) is 0 Å². The number of nitrogens with zero attached hydrogens (tertiary/aromatic N) is 1. The van der Waals surface area contributed by atoms with Crippen LogP contribution >= 0.6 is 0 Å². The Morgan fingerprint density at radius 2 is 1.79 bits per heavy atom. The molecule has 29 heavy (non-hydrogen) atoms. The first kappa shape index (κ1) is 22.7. The highest BCUT2D eigenvalue weighted by Gasteiger charge is 2.35. The van der Waals surface area contributed by atoms with Gasteiger partial charge in [0, 0.05) is 13.1 Å². The fraction of sp³-hybridized carbons (Fsp3) is 0.455. The van der Waals surface area contributed by atoms with E-state index in [4.69, 9.17) is 4.74 Å². The van der Waals surface area contributed by atoms with Crippen LogP contribution in [-0.4, -0.2) is 17.5 Å². The normalized spacial score (nSPS) is 12.2. The number of alkyl halides is 3. The van der Waals surface area contributed by atoms with E-state index in [1.165, 1.54) is 25.3 Å². The average Bonchev–Trinajstić information content (AvgIpc) is 2.57. The molecule has 1 aromatic carbocycles. The van der Waals surface area contributed by atoms with E-state index in [0.717, 1.165) is 12.5 Å². The maximum absolute atomic E-state index is 13.7. The number of amides is 1. The van der Waals surface area contributed by atoms with E-state index in [1.54, 1.807) is 12.1 Å². The number of pyridine rings is 1. The number of nitrogens with one attached hydrogen (secondary N) is 1. The number of aromatic nitrogens is 1. The third kappa shape index (κ3) is 6.76. The summed E-state index contributed by atoms with van der Waals surface area (Å²) in [7, 11) is 0. The molecule has 0 fully saturated rings. The van der Waals surface area contributed by atoms with E-state index in [2.05, 4.69) is 24.1 Å². The summed E-state index contributed by atoms with van der Waals surface area (Å²) in [6.45, 7) is 9.63. The van der Waals surface area contributed by atoms with Gasteiger partial charge in [0.05, 0.1) is 12.2 Å². The van der Waals surface area contributed by atoms with Crippen LogP contribution in [0.15, 0.2) is 36.5 Å². The van der Waals surface area contributed by atoms with Crippen molar-refractivity contribution in [2.45, 2.75) is 47.2 Å². The van der Waals surface area contributed by atoms with Crippen LogP contribution in [0.2, 0.25) is 0 Å². The van der Waals surface area contributed by atoms with Gasteiger partial charge in [0.25, 0.3) is 0 Å². The highest BCUT2D eigenvalue weighted by atomic mass is 19.4. The Hall–Kier alpha value is -2.57. The largest absolute Gasteiger partial charge is 0.492 e. The fourth-order valence-electron chi connectivity index (χ4n) is 3.35. The molecule has 4 nitrogen and oxygen atoms in total. The van der Waals surface area contributed by atoms with Crippen molar-refractivity contribution in [2.24, 2.45) is 11.3 Å². The SMILES string of the molecule is CC(=O)Nc1cc(-c2ccc(OCC(C)(C)CC(C)C)c(C(F)(F)F)c2)ccn1. The van der Waals surface area contributed by atoms with Crippen molar-refractivity contribution in [3.05, 3.63) is 42.1 Å². The smallest absolute Gasteiger partial charge is 0.419 e.